The highest BCUT2D eigenvalue weighted by Crippen LogP contribution is 2.25. The van der Waals surface area contributed by atoms with Gasteiger partial charge in [0.05, 0.1) is 11.6 Å². The lowest BCUT2D eigenvalue weighted by molar-refractivity contribution is 0.198. The summed E-state index contributed by atoms with van der Waals surface area (Å²) >= 11 is 0. The summed E-state index contributed by atoms with van der Waals surface area (Å²) in [4.78, 5) is 4.13. The molecule has 102 valence electrons. The van der Waals surface area contributed by atoms with Gasteiger partial charge in [-0.15, -0.1) is 0 Å². The van der Waals surface area contributed by atoms with E-state index in [2.05, 4.69) is 9.71 Å². The molecule has 1 aromatic carbocycles. The molecule has 0 aliphatic heterocycles. The first-order valence-corrected chi connectivity index (χ1v) is 7.21. The van der Waals surface area contributed by atoms with Crippen LogP contribution in [0.5, 0.6) is 0 Å². The van der Waals surface area contributed by atoms with E-state index in [-0.39, 0.29) is 11.4 Å². The van der Waals surface area contributed by atoms with E-state index < -0.39 is 16.1 Å². The Morgan fingerprint density at radius 1 is 1.42 bits per heavy atom. The predicted octanol–water partition coefficient (Wildman–Crippen LogP) is 0.476. The van der Waals surface area contributed by atoms with E-state index in [1.807, 2.05) is 0 Å². The van der Waals surface area contributed by atoms with Crippen LogP contribution < -0.4 is 10.5 Å². The molecule has 0 fully saturated rings. The van der Waals surface area contributed by atoms with Crippen LogP contribution in [0, 0.1) is 0 Å². The zero-order valence-corrected chi connectivity index (χ0v) is 11.2. The summed E-state index contributed by atoms with van der Waals surface area (Å²) < 4.78 is 26.6. The third kappa shape index (κ3) is 2.83. The number of nitrogens with one attached hydrogen (secondary N) is 1. The lowest BCUT2D eigenvalue weighted by Gasteiger charge is -2.11. The fourth-order valence-corrected chi connectivity index (χ4v) is 2.97. The van der Waals surface area contributed by atoms with Gasteiger partial charge in [-0.2, -0.15) is 0 Å². The highest BCUT2D eigenvalue weighted by atomic mass is 32.2. The number of rotatable bonds is 4. The fourth-order valence-electron chi connectivity index (χ4n) is 1.69. The molecule has 1 atom stereocenters. The molecule has 19 heavy (non-hydrogen) atoms. The third-order valence-electron chi connectivity index (χ3n) is 2.62. The van der Waals surface area contributed by atoms with E-state index in [4.69, 9.17) is 10.8 Å². The molecule has 6 nitrogen and oxygen atoms in total. The van der Waals surface area contributed by atoms with Crippen LogP contribution in [0.25, 0.3) is 10.9 Å². The largest absolute Gasteiger partial charge is 0.398 e. The molecule has 0 spiro atoms. The second kappa shape index (κ2) is 5.12. The van der Waals surface area contributed by atoms with Crippen LogP contribution in [0.2, 0.25) is 0 Å². The smallest absolute Gasteiger partial charge is 0.242 e. The lowest BCUT2D eigenvalue weighted by atomic mass is 10.2. The number of hydrogen-bond donors (Lipinski definition) is 3. The molecule has 0 saturated heterocycles. The summed E-state index contributed by atoms with van der Waals surface area (Å²) in [6, 6.07) is 6.35. The standard InChI is InChI=1S/C12H15N3O3S/c1-8(16)7-15-19(17,18)11-5-4-10(13)9-3-2-6-14-12(9)11/h2-6,8,15-16H,7,13H2,1H3/t8-/m0/s1. The molecule has 0 amide bonds. The number of anilines is 1. The SMILES string of the molecule is C[C@H](O)CNS(=O)(=O)c1ccc(N)c2cccnc12. The molecule has 7 heteroatoms. The van der Waals surface area contributed by atoms with Crippen LogP contribution in [0.4, 0.5) is 5.69 Å². The number of pyridine rings is 1. The maximum atomic E-state index is 12.2. The number of aromatic nitrogens is 1. The van der Waals surface area contributed by atoms with Crippen molar-refractivity contribution in [2.45, 2.75) is 17.9 Å². The first kappa shape index (κ1) is 13.7. The van der Waals surface area contributed by atoms with Crippen LogP contribution in [-0.2, 0) is 10.0 Å². The molecule has 4 N–H and O–H groups in total. The Hall–Kier alpha value is -1.70. The monoisotopic (exact) mass is 281 g/mol. The van der Waals surface area contributed by atoms with Gasteiger partial charge in [-0.25, -0.2) is 13.1 Å². The second-order valence-corrected chi connectivity index (χ2v) is 5.99. The van der Waals surface area contributed by atoms with Crippen LogP contribution in [0.3, 0.4) is 0 Å². The van der Waals surface area contributed by atoms with E-state index >= 15 is 0 Å². The van der Waals surface area contributed by atoms with Gasteiger partial charge in [0, 0.05) is 23.8 Å². The molecular weight excluding hydrogens is 266 g/mol. The quantitative estimate of drug-likeness (QED) is 0.707. The number of benzene rings is 1. The number of fused-ring (bicyclic) bond motifs is 1. The van der Waals surface area contributed by atoms with Crippen LogP contribution in [-0.4, -0.2) is 31.2 Å². The van der Waals surface area contributed by atoms with Crippen molar-refractivity contribution >= 4 is 26.6 Å². The number of nitrogen functional groups attached to an aromatic ring is 1. The molecular formula is C12H15N3O3S. The summed E-state index contributed by atoms with van der Waals surface area (Å²) in [6.07, 6.45) is 0.748. The van der Waals surface area contributed by atoms with E-state index in [1.165, 1.54) is 25.3 Å². The van der Waals surface area contributed by atoms with Gasteiger partial charge in [-0.3, -0.25) is 4.98 Å². The fraction of sp³-hybridized carbons (Fsp3) is 0.250. The zero-order valence-electron chi connectivity index (χ0n) is 10.4. The van der Waals surface area contributed by atoms with Crippen molar-refractivity contribution in [1.82, 2.24) is 9.71 Å². The Balaban J connectivity index is 2.54. The predicted molar refractivity (Wildman–Crippen MR) is 73.0 cm³/mol. The van der Waals surface area contributed by atoms with Crippen molar-refractivity contribution in [3.05, 3.63) is 30.5 Å². The number of hydrogen-bond acceptors (Lipinski definition) is 5. The normalized spacial score (nSPS) is 13.6. The first-order chi connectivity index (χ1) is 8.92. The lowest BCUT2D eigenvalue weighted by Crippen LogP contribution is -2.30. The molecule has 1 heterocycles. The molecule has 0 aliphatic carbocycles. The number of nitrogens with zero attached hydrogens (tertiary/aromatic N) is 1. The van der Waals surface area contributed by atoms with Crippen molar-refractivity contribution in [2.75, 3.05) is 12.3 Å². The van der Waals surface area contributed by atoms with Crippen molar-refractivity contribution in [3.63, 3.8) is 0 Å². The van der Waals surface area contributed by atoms with Crippen molar-refractivity contribution < 1.29 is 13.5 Å². The Labute approximate surface area is 111 Å². The van der Waals surface area contributed by atoms with E-state index in [0.717, 1.165) is 0 Å². The molecule has 0 radical (unpaired) electrons. The highest BCUT2D eigenvalue weighted by molar-refractivity contribution is 7.89. The van der Waals surface area contributed by atoms with E-state index in [0.29, 0.717) is 16.6 Å². The summed E-state index contributed by atoms with van der Waals surface area (Å²) in [5.74, 6) is 0. The van der Waals surface area contributed by atoms with Crippen LogP contribution >= 0.6 is 0 Å². The topological polar surface area (TPSA) is 105 Å². The van der Waals surface area contributed by atoms with Crippen LogP contribution in [0.1, 0.15) is 6.92 Å². The van der Waals surface area contributed by atoms with Crippen molar-refractivity contribution in [1.29, 1.82) is 0 Å². The van der Waals surface area contributed by atoms with Gasteiger partial charge in [-0.1, -0.05) is 0 Å². The minimum absolute atomic E-state index is 0.0537. The maximum Gasteiger partial charge on any atom is 0.242 e. The Bertz CT molecular complexity index is 698. The van der Waals surface area contributed by atoms with Gasteiger partial charge in [0.1, 0.15) is 4.90 Å². The van der Waals surface area contributed by atoms with E-state index in [9.17, 15) is 8.42 Å². The summed E-state index contributed by atoms with van der Waals surface area (Å²) in [5.41, 5.74) is 6.59. The number of sulfonamides is 1. The first-order valence-electron chi connectivity index (χ1n) is 5.73. The Kier molecular flexibility index (Phi) is 3.70. The number of aliphatic hydroxyl groups is 1. The molecule has 0 saturated carbocycles. The van der Waals surface area contributed by atoms with E-state index in [1.54, 1.807) is 12.1 Å². The number of aliphatic hydroxyl groups excluding tert-OH is 1. The van der Waals surface area contributed by atoms with Gasteiger partial charge in [0.15, 0.2) is 0 Å². The Morgan fingerprint density at radius 2 is 2.16 bits per heavy atom. The minimum Gasteiger partial charge on any atom is -0.398 e. The molecule has 0 unspecified atom stereocenters. The highest BCUT2D eigenvalue weighted by Gasteiger charge is 2.19. The van der Waals surface area contributed by atoms with Gasteiger partial charge in [0.2, 0.25) is 10.0 Å². The van der Waals surface area contributed by atoms with Crippen molar-refractivity contribution in [2.24, 2.45) is 0 Å². The molecule has 2 aromatic rings. The zero-order chi connectivity index (χ0) is 14.0. The average molecular weight is 281 g/mol. The van der Waals surface area contributed by atoms with Gasteiger partial charge >= 0.3 is 0 Å². The summed E-state index contributed by atoms with van der Waals surface area (Å²) in [5, 5.41) is 9.74. The second-order valence-electron chi connectivity index (χ2n) is 4.25. The Morgan fingerprint density at radius 3 is 2.84 bits per heavy atom. The van der Waals surface area contributed by atoms with Gasteiger partial charge < -0.3 is 10.8 Å². The van der Waals surface area contributed by atoms with Crippen molar-refractivity contribution in [3.8, 4) is 0 Å². The van der Waals surface area contributed by atoms with Gasteiger partial charge in [0.25, 0.3) is 0 Å². The van der Waals surface area contributed by atoms with Crippen LogP contribution in [0.15, 0.2) is 35.4 Å². The molecule has 0 bridgehead atoms. The number of nitrogens with two attached hydrogens (primary N) is 1. The summed E-state index contributed by atoms with van der Waals surface area (Å²) in [7, 11) is -3.73. The average Bonchev–Trinajstić information content (AvgIpc) is 2.37. The minimum atomic E-state index is -3.73. The van der Waals surface area contributed by atoms with Gasteiger partial charge in [-0.05, 0) is 31.2 Å². The molecule has 1 aromatic heterocycles. The summed E-state index contributed by atoms with van der Waals surface area (Å²) in [6.45, 7) is 1.45. The third-order valence-corrected chi connectivity index (χ3v) is 4.08. The molecule has 2 rings (SSSR count). The maximum absolute atomic E-state index is 12.2. The molecule has 0 aliphatic rings.